The minimum Gasteiger partial charge on any atom is -0.312 e. The Balaban J connectivity index is 2.78. The first-order valence-electron chi connectivity index (χ1n) is 6.59. The molecule has 0 heterocycles. The zero-order valence-electron chi connectivity index (χ0n) is 12.4. The molecule has 1 N–H and O–H groups in total. The highest BCUT2D eigenvalue weighted by Crippen LogP contribution is 2.24. The largest absolute Gasteiger partial charge is 0.312 e. The van der Waals surface area contributed by atoms with Crippen LogP contribution in [0.4, 0.5) is 8.78 Å². The van der Waals surface area contributed by atoms with Gasteiger partial charge in [0.05, 0.1) is 0 Å². The second kappa shape index (κ2) is 6.29. The molecule has 0 atom stereocenters. The lowest BCUT2D eigenvalue weighted by molar-refractivity contribution is 0.431. The fraction of sp³-hybridized carbons (Fsp3) is 0.500. The molecule has 1 aromatic carbocycles. The van der Waals surface area contributed by atoms with Crippen LogP contribution < -0.4 is 5.32 Å². The van der Waals surface area contributed by atoms with Crippen molar-refractivity contribution in [2.45, 2.75) is 46.6 Å². The van der Waals surface area contributed by atoms with E-state index in [0.29, 0.717) is 11.1 Å². The van der Waals surface area contributed by atoms with E-state index >= 15 is 0 Å². The monoisotopic (exact) mass is 267 g/mol. The molecule has 0 saturated carbocycles. The Morgan fingerprint density at radius 2 is 1.89 bits per heavy atom. The van der Waals surface area contributed by atoms with Crippen molar-refractivity contribution in [2.75, 3.05) is 6.54 Å². The summed E-state index contributed by atoms with van der Waals surface area (Å²) < 4.78 is 27.6. The van der Waals surface area contributed by atoms with Crippen LogP contribution in [0.15, 0.2) is 18.2 Å². The Morgan fingerprint density at radius 3 is 2.47 bits per heavy atom. The maximum Gasteiger partial charge on any atom is 0.136 e. The second-order valence-corrected chi connectivity index (χ2v) is 5.91. The lowest BCUT2D eigenvalue weighted by Crippen LogP contribution is -2.36. The quantitative estimate of drug-likeness (QED) is 0.794. The maximum atomic E-state index is 13.9. The number of hydrogen-bond acceptors (Lipinski definition) is 1. The van der Waals surface area contributed by atoms with Crippen LogP contribution in [0.3, 0.4) is 0 Å². The van der Waals surface area contributed by atoms with Gasteiger partial charge in [-0.2, -0.15) is 0 Å². The number of rotatable bonds is 4. The summed E-state index contributed by atoms with van der Waals surface area (Å²) >= 11 is 0. The van der Waals surface area contributed by atoms with Crippen molar-refractivity contribution >= 4 is 5.57 Å². The molecule has 3 heteroatoms. The Kier molecular flexibility index (Phi) is 5.24. The molecule has 1 aromatic rings. The van der Waals surface area contributed by atoms with Gasteiger partial charge in [0.25, 0.3) is 0 Å². The number of halogens is 2. The molecule has 0 unspecified atom stereocenters. The summed E-state index contributed by atoms with van der Waals surface area (Å²) in [7, 11) is 0. The van der Waals surface area contributed by atoms with Crippen LogP contribution in [-0.2, 0) is 0 Å². The van der Waals surface area contributed by atoms with E-state index in [1.807, 2.05) is 6.08 Å². The zero-order valence-corrected chi connectivity index (χ0v) is 12.4. The highest BCUT2D eigenvalue weighted by molar-refractivity contribution is 5.65. The molecule has 0 bridgehead atoms. The van der Waals surface area contributed by atoms with E-state index in [4.69, 9.17) is 0 Å². The van der Waals surface area contributed by atoms with Crippen LogP contribution in [-0.4, -0.2) is 12.1 Å². The molecule has 19 heavy (non-hydrogen) atoms. The smallest absolute Gasteiger partial charge is 0.136 e. The van der Waals surface area contributed by atoms with Gasteiger partial charge in [-0.1, -0.05) is 12.1 Å². The van der Waals surface area contributed by atoms with Crippen LogP contribution in [0, 0.1) is 18.6 Å². The summed E-state index contributed by atoms with van der Waals surface area (Å²) in [5, 5.41) is 3.34. The lowest BCUT2D eigenvalue weighted by atomic mass is 10.0. The van der Waals surface area contributed by atoms with E-state index in [1.54, 1.807) is 13.8 Å². The molecule has 1 rings (SSSR count). The zero-order chi connectivity index (χ0) is 14.6. The Hall–Kier alpha value is -1.22. The van der Waals surface area contributed by atoms with Crippen LogP contribution in [0.25, 0.3) is 5.57 Å². The van der Waals surface area contributed by atoms with E-state index in [9.17, 15) is 8.78 Å². The average molecular weight is 267 g/mol. The predicted molar refractivity (Wildman–Crippen MR) is 77.1 cm³/mol. The van der Waals surface area contributed by atoms with Gasteiger partial charge in [-0.3, -0.25) is 0 Å². The van der Waals surface area contributed by atoms with Crippen LogP contribution >= 0.6 is 0 Å². The normalized spacial score (nSPS) is 12.9. The minimum atomic E-state index is -0.499. The van der Waals surface area contributed by atoms with Crippen molar-refractivity contribution in [1.82, 2.24) is 5.32 Å². The molecular formula is C16H23F2N. The standard InChI is InChI=1S/C16H23F2N/c1-11(7-6-10-19-16(3,4)5)14-13(17)9-8-12(2)15(14)18/h7-9,19H,6,10H2,1-5H3/b11-7-. The highest BCUT2D eigenvalue weighted by atomic mass is 19.1. The number of nitrogens with one attached hydrogen (secondary N) is 1. The summed E-state index contributed by atoms with van der Waals surface area (Å²) in [6.07, 6.45) is 2.62. The van der Waals surface area contributed by atoms with Crippen molar-refractivity contribution in [3.63, 3.8) is 0 Å². The van der Waals surface area contributed by atoms with Crippen molar-refractivity contribution in [3.8, 4) is 0 Å². The molecule has 1 nitrogen and oxygen atoms in total. The number of benzene rings is 1. The first-order chi connectivity index (χ1) is 8.72. The van der Waals surface area contributed by atoms with Crippen molar-refractivity contribution in [1.29, 1.82) is 0 Å². The molecule has 0 amide bonds. The fourth-order valence-electron chi connectivity index (χ4n) is 1.86. The Labute approximate surface area is 114 Å². The SMILES string of the molecule is C/C(=C/CCNC(C)(C)C)c1c(F)ccc(C)c1F. The first-order valence-corrected chi connectivity index (χ1v) is 6.59. The van der Waals surface area contributed by atoms with Crippen LogP contribution in [0.5, 0.6) is 0 Å². The second-order valence-electron chi connectivity index (χ2n) is 5.91. The maximum absolute atomic E-state index is 13.9. The lowest BCUT2D eigenvalue weighted by Gasteiger charge is -2.19. The molecule has 0 fully saturated rings. The minimum absolute atomic E-state index is 0.0571. The van der Waals surface area contributed by atoms with Gasteiger partial charge in [-0.25, -0.2) is 8.78 Å². The summed E-state index contributed by atoms with van der Waals surface area (Å²) in [6.45, 7) is 10.4. The molecule has 0 aromatic heterocycles. The molecule has 0 spiro atoms. The van der Waals surface area contributed by atoms with Gasteiger partial charge < -0.3 is 5.32 Å². The van der Waals surface area contributed by atoms with E-state index in [0.717, 1.165) is 13.0 Å². The van der Waals surface area contributed by atoms with Gasteiger partial charge in [-0.05, 0) is 64.8 Å². The van der Waals surface area contributed by atoms with Crippen molar-refractivity contribution in [3.05, 3.63) is 41.0 Å². The molecule has 0 radical (unpaired) electrons. The van der Waals surface area contributed by atoms with E-state index in [2.05, 4.69) is 26.1 Å². The molecule has 0 aliphatic rings. The first kappa shape index (κ1) is 15.8. The number of aryl methyl sites for hydroxylation is 1. The number of hydrogen-bond donors (Lipinski definition) is 1. The molecule has 0 aliphatic carbocycles. The fourth-order valence-corrected chi connectivity index (χ4v) is 1.86. The van der Waals surface area contributed by atoms with Crippen LogP contribution in [0.1, 0.15) is 45.2 Å². The van der Waals surface area contributed by atoms with E-state index < -0.39 is 11.6 Å². The van der Waals surface area contributed by atoms with Crippen molar-refractivity contribution < 1.29 is 8.78 Å². The molecular weight excluding hydrogens is 244 g/mol. The summed E-state index contributed by atoms with van der Waals surface area (Å²) in [4.78, 5) is 0. The molecule has 0 saturated heterocycles. The van der Waals surface area contributed by atoms with Gasteiger partial charge in [0.1, 0.15) is 11.6 Å². The van der Waals surface area contributed by atoms with Gasteiger partial charge in [-0.15, -0.1) is 0 Å². The highest BCUT2D eigenvalue weighted by Gasteiger charge is 2.13. The third-order valence-electron chi connectivity index (χ3n) is 2.93. The Morgan fingerprint density at radius 1 is 1.26 bits per heavy atom. The third-order valence-corrected chi connectivity index (χ3v) is 2.93. The van der Waals surface area contributed by atoms with Gasteiger partial charge in [0.2, 0.25) is 0 Å². The number of allylic oxidation sites excluding steroid dienone is 1. The third kappa shape index (κ3) is 4.75. The average Bonchev–Trinajstić information content (AvgIpc) is 2.29. The van der Waals surface area contributed by atoms with E-state index in [1.165, 1.54) is 12.1 Å². The van der Waals surface area contributed by atoms with Gasteiger partial charge >= 0.3 is 0 Å². The summed E-state index contributed by atoms with van der Waals surface area (Å²) in [5.41, 5.74) is 1.27. The predicted octanol–water partition coefficient (Wildman–Crippen LogP) is 4.45. The van der Waals surface area contributed by atoms with Crippen LogP contribution in [0.2, 0.25) is 0 Å². The van der Waals surface area contributed by atoms with Gasteiger partial charge in [0, 0.05) is 11.1 Å². The summed E-state index contributed by atoms with van der Waals surface area (Å²) in [5.74, 6) is -0.960. The summed E-state index contributed by atoms with van der Waals surface area (Å²) in [6, 6.07) is 2.78. The van der Waals surface area contributed by atoms with Crippen molar-refractivity contribution in [2.24, 2.45) is 0 Å². The Bertz CT molecular complexity index is 470. The topological polar surface area (TPSA) is 12.0 Å². The van der Waals surface area contributed by atoms with Gasteiger partial charge in [0.15, 0.2) is 0 Å². The molecule has 0 aliphatic heterocycles. The van der Waals surface area contributed by atoms with E-state index in [-0.39, 0.29) is 11.1 Å². The molecule has 106 valence electrons.